The highest BCUT2D eigenvalue weighted by Gasteiger charge is 2.16. The van der Waals surface area contributed by atoms with Crippen molar-refractivity contribution in [1.29, 1.82) is 0 Å². The molecule has 3 heteroatoms. The zero-order valence-electron chi connectivity index (χ0n) is 9.77. The monoisotopic (exact) mass is 244 g/mol. The van der Waals surface area contributed by atoms with E-state index in [1.807, 2.05) is 18.2 Å². The molecule has 3 rings (SSSR count). The van der Waals surface area contributed by atoms with E-state index in [4.69, 9.17) is 4.74 Å². The maximum Gasteiger partial charge on any atom is 0.123 e. The number of hydrogen-bond donors (Lipinski definition) is 1. The minimum atomic E-state index is -0.799. The molecule has 0 amide bonds. The molecule has 2 nitrogen and oxygen atoms in total. The van der Waals surface area contributed by atoms with Gasteiger partial charge in [0, 0.05) is 6.42 Å². The van der Waals surface area contributed by atoms with Crippen LogP contribution in [0.15, 0.2) is 42.5 Å². The highest BCUT2D eigenvalue weighted by molar-refractivity contribution is 5.42. The summed E-state index contributed by atoms with van der Waals surface area (Å²) in [5, 5.41) is 10.2. The zero-order chi connectivity index (χ0) is 12.5. The fraction of sp³-hybridized carbons (Fsp3) is 0.200. The Bertz CT molecular complexity index is 580. The molecule has 1 heterocycles. The van der Waals surface area contributed by atoms with Crippen molar-refractivity contribution >= 4 is 0 Å². The summed E-state index contributed by atoms with van der Waals surface area (Å²) in [4.78, 5) is 0. The lowest BCUT2D eigenvalue weighted by atomic mass is 9.99. The smallest absolute Gasteiger partial charge is 0.123 e. The Balaban J connectivity index is 1.95. The topological polar surface area (TPSA) is 29.5 Å². The van der Waals surface area contributed by atoms with Gasteiger partial charge in [-0.15, -0.1) is 0 Å². The van der Waals surface area contributed by atoms with Crippen molar-refractivity contribution in [3.63, 3.8) is 0 Å². The van der Waals surface area contributed by atoms with Gasteiger partial charge in [-0.1, -0.05) is 18.2 Å². The number of hydrogen-bond acceptors (Lipinski definition) is 2. The maximum atomic E-state index is 13.1. The van der Waals surface area contributed by atoms with Gasteiger partial charge in [0.05, 0.1) is 6.61 Å². The minimum Gasteiger partial charge on any atom is -0.493 e. The molecule has 0 bridgehead atoms. The summed E-state index contributed by atoms with van der Waals surface area (Å²) in [6.07, 6.45) is 0.0607. The van der Waals surface area contributed by atoms with E-state index in [1.165, 1.54) is 12.1 Å². The predicted molar refractivity (Wildman–Crippen MR) is 66.1 cm³/mol. The predicted octanol–water partition coefficient (Wildman–Crippen LogP) is 2.84. The Kier molecular flexibility index (Phi) is 2.76. The lowest BCUT2D eigenvalue weighted by Gasteiger charge is -2.12. The molecule has 92 valence electrons. The Morgan fingerprint density at radius 2 is 1.94 bits per heavy atom. The average molecular weight is 244 g/mol. The van der Waals surface area contributed by atoms with Crippen molar-refractivity contribution in [3.05, 3.63) is 65.0 Å². The molecule has 1 aliphatic heterocycles. The summed E-state index contributed by atoms with van der Waals surface area (Å²) in [5.74, 6) is 0.543. The van der Waals surface area contributed by atoms with Gasteiger partial charge < -0.3 is 9.84 Å². The third-order valence-corrected chi connectivity index (χ3v) is 3.19. The van der Waals surface area contributed by atoms with Gasteiger partial charge in [0.1, 0.15) is 17.7 Å². The van der Waals surface area contributed by atoms with E-state index in [0.29, 0.717) is 12.2 Å². The van der Waals surface area contributed by atoms with Gasteiger partial charge in [-0.3, -0.25) is 0 Å². The largest absolute Gasteiger partial charge is 0.493 e. The molecule has 2 aromatic carbocycles. The summed E-state index contributed by atoms with van der Waals surface area (Å²) >= 11 is 0. The van der Waals surface area contributed by atoms with Crippen molar-refractivity contribution < 1.29 is 14.2 Å². The van der Waals surface area contributed by atoms with E-state index in [1.54, 1.807) is 12.1 Å². The fourth-order valence-electron chi connectivity index (χ4n) is 2.25. The van der Waals surface area contributed by atoms with Crippen LogP contribution >= 0.6 is 0 Å². The summed E-state index contributed by atoms with van der Waals surface area (Å²) in [6.45, 7) is 0.689. The molecule has 0 saturated carbocycles. The molecule has 0 radical (unpaired) electrons. The van der Waals surface area contributed by atoms with Crippen LogP contribution in [0.5, 0.6) is 5.75 Å². The molecule has 0 spiro atoms. The molecule has 1 atom stereocenters. The molecule has 0 saturated heterocycles. The standard InChI is InChI=1S/C15H13FO2/c16-13-3-1-2-11(9-13)15(17)12-4-5-14-10(8-12)6-7-18-14/h1-5,8-9,15,17H,6-7H2. The van der Waals surface area contributed by atoms with Crippen molar-refractivity contribution in [2.45, 2.75) is 12.5 Å². The molecule has 18 heavy (non-hydrogen) atoms. The van der Waals surface area contributed by atoms with Gasteiger partial charge in [-0.2, -0.15) is 0 Å². The first-order valence-electron chi connectivity index (χ1n) is 5.93. The SMILES string of the molecule is OC(c1cccc(F)c1)c1ccc2c(c1)CCO2. The summed E-state index contributed by atoms with van der Waals surface area (Å²) in [6, 6.07) is 11.7. The summed E-state index contributed by atoms with van der Waals surface area (Å²) in [5.41, 5.74) is 2.43. The second-order valence-corrected chi connectivity index (χ2v) is 4.42. The van der Waals surface area contributed by atoms with Gasteiger partial charge in [0.15, 0.2) is 0 Å². The number of rotatable bonds is 2. The second kappa shape index (κ2) is 4.42. The average Bonchev–Trinajstić information content (AvgIpc) is 2.85. The first-order valence-corrected chi connectivity index (χ1v) is 5.93. The number of ether oxygens (including phenoxy) is 1. The van der Waals surface area contributed by atoms with Gasteiger partial charge >= 0.3 is 0 Å². The van der Waals surface area contributed by atoms with E-state index in [-0.39, 0.29) is 5.82 Å². The Labute approximate surface area is 105 Å². The van der Waals surface area contributed by atoms with Crippen molar-refractivity contribution in [2.24, 2.45) is 0 Å². The lowest BCUT2D eigenvalue weighted by Crippen LogP contribution is -2.00. The number of aliphatic hydroxyl groups is 1. The first-order chi connectivity index (χ1) is 8.74. The third-order valence-electron chi connectivity index (χ3n) is 3.19. The van der Waals surface area contributed by atoms with Crippen LogP contribution in [0.4, 0.5) is 4.39 Å². The van der Waals surface area contributed by atoms with Crippen LogP contribution in [-0.4, -0.2) is 11.7 Å². The fourth-order valence-corrected chi connectivity index (χ4v) is 2.25. The van der Waals surface area contributed by atoms with Gasteiger partial charge in [-0.25, -0.2) is 4.39 Å². The van der Waals surface area contributed by atoms with Crippen molar-refractivity contribution in [2.75, 3.05) is 6.61 Å². The highest BCUT2D eigenvalue weighted by Crippen LogP contribution is 2.30. The molecule has 2 aromatic rings. The number of fused-ring (bicyclic) bond motifs is 1. The van der Waals surface area contributed by atoms with E-state index in [0.717, 1.165) is 23.3 Å². The maximum absolute atomic E-state index is 13.1. The van der Waals surface area contributed by atoms with Gasteiger partial charge in [0.25, 0.3) is 0 Å². The number of halogens is 1. The Morgan fingerprint density at radius 3 is 2.78 bits per heavy atom. The van der Waals surface area contributed by atoms with Crippen LogP contribution in [0.1, 0.15) is 22.8 Å². The van der Waals surface area contributed by atoms with E-state index >= 15 is 0 Å². The molecule has 0 aliphatic carbocycles. The van der Waals surface area contributed by atoms with Crippen LogP contribution in [-0.2, 0) is 6.42 Å². The van der Waals surface area contributed by atoms with Crippen LogP contribution in [0.25, 0.3) is 0 Å². The summed E-state index contributed by atoms with van der Waals surface area (Å²) in [7, 11) is 0. The minimum absolute atomic E-state index is 0.337. The number of benzene rings is 2. The highest BCUT2D eigenvalue weighted by atomic mass is 19.1. The van der Waals surface area contributed by atoms with Gasteiger partial charge in [0.2, 0.25) is 0 Å². The lowest BCUT2D eigenvalue weighted by molar-refractivity contribution is 0.219. The molecule has 1 N–H and O–H groups in total. The number of aliphatic hydroxyl groups excluding tert-OH is 1. The second-order valence-electron chi connectivity index (χ2n) is 4.42. The van der Waals surface area contributed by atoms with Crippen LogP contribution < -0.4 is 4.74 Å². The third kappa shape index (κ3) is 1.97. The zero-order valence-corrected chi connectivity index (χ0v) is 9.77. The van der Waals surface area contributed by atoms with Crippen molar-refractivity contribution in [1.82, 2.24) is 0 Å². The van der Waals surface area contributed by atoms with Crippen molar-refractivity contribution in [3.8, 4) is 5.75 Å². The Hall–Kier alpha value is -1.87. The molecule has 0 fully saturated rings. The Morgan fingerprint density at radius 1 is 1.11 bits per heavy atom. The molecule has 1 unspecified atom stereocenters. The molecular formula is C15H13FO2. The van der Waals surface area contributed by atoms with E-state index in [9.17, 15) is 9.50 Å². The quantitative estimate of drug-likeness (QED) is 0.880. The molecule has 1 aliphatic rings. The first kappa shape index (κ1) is 11.2. The van der Waals surface area contributed by atoms with Gasteiger partial charge in [-0.05, 0) is 41.0 Å². The van der Waals surface area contributed by atoms with Crippen LogP contribution in [0.2, 0.25) is 0 Å². The van der Waals surface area contributed by atoms with Crippen LogP contribution in [0.3, 0.4) is 0 Å². The molecule has 0 aromatic heterocycles. The van der Waals surface area contributed by atoms with E-state index in [2.05, 4.69) is 0 Å². The molecular weight excluding hydrogens is 231 g/mol. The summed E-state index contributed by atoms with van der Waals surface area (Å²) < 4.78 is 18.5. The van der Waals surface area contributed by atoms with E-state index < -0.39 is 6.10 Å². The normalized spacial score (nSPS) is 15.0. The van der Waals surface area contributed by atoms with Crippen LogP contribution in [0, 0.1) is 5.82 Å².